The highest BCUT2D eigenvalue weighted by molar-refractivity contribution is 5.92. The third-order valence-electron chi connectivity index (χ3n) is 6.90. The SMILES string of the molecule is C=C[C@]1(OC(=O)c2ccccc2)[C@@H](OC(=O)c2ccccc2)O[C@H](COC(=O)c2ccccc2)[C@H]1OC(=O)c1ccccc1. The molecule has 0 N–H and O–H groups in total. The van der Waals surface area contributed by atoms with Crippen molar-refractivity contribution in [1.82, 2.24) is 0 Å². The van der Waals surface area contributed by atoms with Gasteiger partial charge in [-0.25, -0.2) is 19.2 Å². The first-order valence-corrected chi connectivity index (χ1v) is 13.7. The maximum absolute atomic E-state index is 13.4. The van der Waals surface area contributed by atoms with E-state index in [1.165, 1.54) is 30.3 Å². The Labute approximate surface area is 253 Å². The van der Waals surface area contributed by atoms with E-state index in [-0.39, 0.29) is 22.3 Å². The molecule has 9 heteroatoms. The maximum atomic E-state index is 13.4. The second-order valence-electron chi connectivity index (χ2n) is 9.75. The molecular weight excluding hydrogens is 564 g/mol. The topological polar surface area (TPSA) is 114 Å². The van der Waals surface area contributed by atoms with Crippen LogP contribution in [-0.4, -0.2) is 54.6 Å². The summed E-state index contributed by atoms with van der Waals surface area (Å²) in [5.41, 5.74) is -1.20. The molecule has 1 heterocycles. The van der Waals surface area contributed by atoms with E-state index in [1.807, 2.05) is 0 Å². The van der Waals surface area contributed by atoms with Crippen LogP contribution >= 0.6 is 0 Å². The monoisotopic (exact) mass is 592 g/mol. The molecule has 4 aromatic carbocycles. The van der Waals surface area contributed by atoms with Gasteiger partial charge in [-0.3, -0.25) is 0 Å². The molecule has 222 valence electrons. The largest absolute Gasteiger partial charge is 0.459 e. The van der Waals surface area contributed by atoms with E-state index >= 15 is 0 Å². The highest BCUT2D eigenvalue weighted by atomic mass is 16.8. The Morgan fingerprint density at radius 3 is 1.48 bits per heavy atom. The van der Waals surface area contributed by atoms with Gasteiger partial charge in [0.2, 0.25) is 5.60 Å². The zero-order valence-corrected chi connectivity index (χ0v) is 23.4. The molecular formula is C35H28O9. The Kier molecular flexibility index (Phi) is 9.27. The summed E-state index contributed by atoms with van der Waals surface area (Å²) < 4.78 is 29.2. The van der Waals surface area contributed by atoms with E-state index in [9.17, 15) is 19.2 Å². The van der Waals surface area contributed by atoms with Crippen LogP contribution in [0.4, 0.5) is 0 Å². The molecule has 0 amide bonds. The molecule has 1 saturated heterocycles. The molecule has 0 spiro atoms. The fourth-order valence-electron chi connectivity index (χ4n) is 4.64. The van der Waals surface area contributed by atoms with Gasteiger partial charge in [-0.1, -0.05) is 79.4 Å². The van der Waals surface area contributed by atoms with Gasteiger partial charge in [-0.15, -0.1) is 0 Å². The molecule has 1 aliphatic heterocycles. The van der Waals surface area contributed by atoms with E-state index in [1.54, 1.807) is 97.1 Å². The average Bonchev–Trinajstić information content (AvgIpc) is 3.35. The minimum Gasteiger partial charge on any atom is -0.459 e. The highest BCUT2D eigenvalue weighted by Crippen LogP contribution is 2.40. The van der Waals surface area contributed by atoms with Crippen molar-refractivity contribution in [3.63, 3.8) is 0 Å². The molecule has 0 saturated carbocycles. The van der Waals surface area contributed by atoms with Crippen molar-refractivity contribution in [3.05, 3.63) is 156 Å². The molecule has 0 bridgehead atoms. The smallest absolute Gasteiger partial charge is 0.340 e. The summed E-state index contributed by atoms with van der Waals surface area (Å²) >= 11 is 0. The van der Waals surface area contributed by atoms with Gasteiger partial charge in [0, 0.05) is 0 Å². The Morgan fingerprint density at radius 2 is 1.02 bits per heavy atom. The number of carbonyl (C=O) groups is 4. The molecule has 0 aliphatic carbocycles. The summed E-state index contributed by atoms with van der Waals surface area (Å²) in [4.78, 5) is 52.8. The van der Waals surface area contributed by atoms with Crippen molar-refractivity contribution in [2.24, 2.45) is 0 Å². The standard InChI is InChI=1S/C35H28O9/c1-2-35(44-33(39)27-21-13-6-14-22-27)29(42-31(37)25-17-9-4-10-18-25)28(23-40-30(36)24-15-7-3-8-16-24)41-34(35)43-32(38)26-19-11-5-12-20-26/h2-22,28-29,34H,1,23H2/t28-,29-,34-,35-/m1/s1. The molecule has 5 rings (SSSR count). The maximum Gasteiger partial charge on any atom is 0.340 e. The summed E-state index contributed by atoms with van der Waals surface area (Å²) in [6, 6.07) is 32.6. The lowest BCUT2D eigenvalue weighted by Crippen LogP contribution is -2.53. The van der Waals surface area contributed by atoms with Gasteiger partial charge in [0.05, 0.1) is 22.3 Å². The molecule has 44 heavy (non-hydrogen) atoms. The summed E-state index contributed by atoms with van der Waals surface area (Å²) in [6.45, 7) is 3.41. The minimum absolute atomic E-state index is 0.175. The van der Waals surface area contributed by atoms with Crippen LogP contribution in [0, 0.1) is 0 Å². The number of hydrogen-bond acceptors (Lipinski definition) is 9. The van der Waals surface area contributed by atoms with Gasteiger partial charge in [0.1, 0.15) is 12.7 Å². The Morgan fingerprint density at radius 1 is 0.614 bits per heavy atom. The lowest BCUT2D eigenvalue weighted by Gasteiger charge is -2.34. The highest BCUT2D eigenvalue weighted by Gasteiger charge is 2.63. The predicted molar refractivity (Wildman–Crippen MR) is 158 cm³/mol. The summed E-state index contributed by atoms with van der Waals surface area (Å²) in [6.07, 6.45) is -3.16. The zero-order valence-electron chi connectivity index (χ0n) is 23.4. The van der Waals surface area contributed by atoms with Crippen molar-refractivity contribution in [2.75, 3.05) is 6.61 Å². The van der Waals surface area contributed by atoms with Gasteiger partial charge >= 0.3 is 23.9 Å². The third kappa shape index (κ3) is 6.58. The van der Waals surface area contributed by atoms with E-state index < -0.39 is 54.6 Å². The lowest BCUT2D eigenvalue weighted by atomic mass is 9.94. The lowest BCUT2D eigenvalue weighted by molar-refractivity contribution is -0.164. The molecule has 1 fully saturated rings. The van der Waals surface area contributed by atoms with Crippen LogP contribution in [0.15, 0.2) is 134 Å². The first-order valence-electron chi connectivity index (χ1n) is 13.7. The number of ether oxygens (including phenoxy) is 5. The van der Waals surface area contributed by atoms with Crippen LogP contribution in [0.1, 0.15) is 41.4 Å². The van der Waals surface area contributed by atoms with Crippen molar-refractivity contribution in [3.8, 4) is 0 Å². The van der Waals surface area contributed by atoms with Gasteiger partial charge in [-0.2, -0.15) is 0 Å². The Balaban J connectivity index is 1.52. The third-order valence-corrected chi connectivity index (χ3v) is 6.90. The molecule has 1 aliphatic rings. The quantitative estimate of drug-likeness (QED) is 0.135. The molecule has 0 aromatic heterocycles. The van der Waals surface area contributed by atoms with Gasteiger partial charge < -0.3 is 23.7 Å². The second-order valence-corrected chi connectivity index (χ2v) is 9.75. The van der Waals surface area contributed by atoms with E-state index in [2.05, 4.69) is 6.58 Å². The van der Waals surface area contributed by atoms with Crippen LogP contribution in [0.3, 0.4) is 0 Å². The van der Waals surface area contributed by atoms with Gasteiger partial charge in [0.15, 0.2) is 6.10 Å². The van der Waals surface area contributed by atoms with Gasteiger partial charge in [-0.05, 0) is 54.6 Å². The first kappa shape index (κ1) is 29.9. The van der Waals surface area contributed by atoms with Crippen LogP contribution in [0.2, 0.25) is 0 Å². The predicted octanol–water partition coefficient (Wildman–Crippen LogP) is 5.43. The molecule has 4 atom stereocenters. The fourth-order valence-corrected chi connectivity index (χ4v) is 4.64. The van der Waals surface area contributed by atoms with Crippen LogP contribution in [-0.2, 0) is 23.7 Å². The number of benzene rings is 4. The molecule has 9 nitrogen and oxygen atoms in total. The van der Waals surface area contributed by atoms with E-state index in [4.69, 9.17) is 23.7 Å². The second kappa shape index (κ2) is 13.6. The number of carbonyl (C=O) groups excluding carboxylic acids is 4. The summed E-state index contributed by atoms with van der Waals surface area (Å²) in [5, 5.41) is 0. The van der Waals surface area contributed by atoms with Crippen molar-refractivity contribution in [1.29, 1.82) is 0 Å². The van der Waals surface area contributed by atoms with Crippen molar-refractivity contribution < 1.29 is 42.9 Å². The first-order chi connectivity index (χ1) is 21.4. The molecule has 4 aromatic rings. The van der Waals surface area contributed by atoms with E-state index in [0.29, 0.717) is 0 Å². The van der Waals surface area contributed by atoms with Crippen LogP contribution in [0.25, 0.3) is 0 Å². The number of hydrogen-bond donors (Lipinski definition) is 0. The number of esters is 4. The normalized spacial score (nSPS) is 20.6. The number of rotatable bonds is 10. The Bertz CT molecular complexity index is 1610. The van der Waals surface area contributed by atoms with Crippen molar-refractivity contribution in [2.45, 2.75) is 24.1 Å². The van der Waals surface area contributed by atoms with Gasteiger partial charge in [0.25, 0.3) is 6.29 Å². The molecule has 0 unspecified atom stereocenters. The summed E-state index contributed by atoms with van der Waals surface area (Å²) in [7, 11) is 0. The van der Waals surface area contributed by atoms with Crippen LogP contribution < -0.4 is 0 Å². The van der Waals surface area contributed by atoms with Crippen LogP contribution in [0.5, 0.6) is 0 Å². The Hall–Kier alpha value is -5.54. The average molecular weight is 593 g/mol. The minimum atomic E-state index is -2.05. The summed E-state index contributed by atoms with van der Waals surface area (Å²) in [5.74, 6) is -3.07. The van der Waals surface area contributed by atoms with Crippen molar-refractivity contribution >= 4 is 23.9 Å². The van der Waals surface area contributed by atoms with E-state index in [0.717, 1.165) is 0 Å². The molecule has 0 radical (unpaired) electrons. The fraction of sp³-hybridized carbons (Fsp3) is 0.143. The zero-order chi connectivity index (χ0) is 30.9.